The third-order valence-corrected chi connectivity index (χ3v) is 8.02. The zero-order chi connectivity index (χ0) is 15.3. The maximum Gasteiger partial charge on any atom is 0.302 e. The Morgan fingerprint density at radius 3 is 2.59 bits per heavy atom. The van der Waals surface area contributed by atoms with Crippen LogP contribution >= 0.6 is 0 Å². The van der Waals surface area contributed by atoms with Crippen molar-refractivity contribution in [1.82, 2.24) is 0 Å². The van der Waals surface area contributed by atoms with Gasteiger partial charge in [-0.2, -0.15) is 0 Å². The van der Waals surface area contributed by atoms with Crippen molar-refractivity contribution in [3.05, 3.63) is 0 Å². The molecule has 0 radical (unpaired) electrons. The summed E-state index contributed by atoms with van der Waals surface area (Å²) in [5, 5.41) is 0. The average molecular weight is 304 g/mol. The number of hydrogen-bond acceptors (Lipinski definition) is 2. The molecule has 0 saturated heterocycles. The van der Waals surface area contributed by atoms with Crippen molar-refractivity contribution in [2.24, 2.45) is 35.0 Å². The van der Waals surface area contributed by atoms with E-state index in [0.29, 0.717) is 5.41 Å². The highest BCUT2D eigenvalue weighted by molar-refractivity contribution is 5.66. The number of carbonyl (C=O) groups excluding carboxylic acids is 1. The third-order valence-electron chi connectivity index (χ3n) is 8.02. The van der Waals surface area contributed by atoms with Crippen molar-refractivity contribution >= 4 is 5.97 Å². The van der Waals surface area contributed by atoms with Crippen LogP contribution in [0.2, 0.25) is 0 Å². The SMILES string of the molecule is CC(=O)OC1CC[C@H]2C(CC[C@@H]3[C@@H]2CC[C@]2(C)CCC[C@@H]32)C1. The second-order valence-corrected chi connectivity index (χ2v) is 9.06. The van der Waals surface area contributed by atoms with E-state index in [9.17, 15) is 4.79 Å². The molecule has 7 atom stereocenters. The Kier molecular flexibility index (Phi) is 3.77. The van der Waals surface area contributed by atoms with E-state index < -0.39 is 0 Å². The van der Waals surface area contributed by atoms with Crippen LogP contribution in [0.15, 0.2) is 0 Å². The van der Waals surface area contributed by atoms with Gasteiger partial charge in [0.15, 0.2) is 0 Å². The van der Waals surface area contributed by atoms with Gasteiger partial charge in [-0.3, -0.25) is 4.79 Å². The van der Waals surface area contributed by atoms with Gasteiger partial charge in [0.05, 0.1) is 0 Å². The van der Waals surface area contributed by atoms with Gasteiger partial charge in [0.25, 0.3) is 0 Å². The topological polar surface area (TPSA) is 26.3 Å². The molecule has 0 aromatic rings. The van der Waals surface area contributed by atoms with Crippen LogP contribution in [-0.2, 0) is 9.53 Å². The summed E-state index contributed by atoms with van der Waals surface area (Å²) in [6.45, 7) is 4.15. The smallest absolute Gasteiger partial charge is 0.302 e. The quantitative estimate of drug-likeness (QED) is 0.640. The molecule has 4 aliphatic rings. The summed E-state index contributed by atoms with van der Waals surface area (Å²) in [7, 11) is 0. The molecule has 0 aromatic heterocycles. The van der Waals surface area contributed by atoms with Crippen molar-refractivity contribution < 1.29 is 9.53 Å². The Hall–Kier alpha value is -0.530. The first kappa shape index (κ1) is 15.0. The van der Waals surface area contributed by atoms with Gasteiger partial charge in [0, 0.05) is 6.92 Å². The molecule has 22 heavy (non-hydrogen) atoms. The summed E-state index contributed by atoms with van der Waals surface area (Å²) in [6.07, 6.45) is 14.1. The Morgan fingerprint density at radius 1 is 0.955 bits per heavy atom. The molecule has 0 amide bonds. The van der Waals surface area contributed by atoms with Gasteiger partial charge in [-0.05, 0) is 92.8 Å². The van der Waals surface area contributed by atoms with Gasteiger partial charge in [-0.1, -0.05) is 13.3 Å². The molecular weight excluding hydrogens is 272 g/mol. The first-order valence-electron chi connectivity index (χ1n) is 9.74. The number of fused-ring (bicyclic) bond motifs is 5. The van der Waals surface area contributed by atoms with E-state index in [1.807, 2.05) is 0 Å². The lowest BCUT2D eigenvalue weighted by Gasteiger charge is -2.55. The number of rotatable bonds is 1. The summed E-state index contributed by atoms with van der Waals surface area (Å²) < 4.78 is 5.52. The van der Waals surface area contributed by atoms with Crippen LogP contribution in [0, 0.1) is 35.0 Å². The lowest BCUT2D eigenvalue weighted by Crippen LogP contribution is -2.48. The largest absolute Gasteiger partial charge is 0.463 e. The molecule has 4 saturated carbocycles. The Balaban J connectivity index is 1.46. The summed E-state index contributed by atoms with van der Waals surface area (Å²) in [5.74, 6) is 4.73. The summed E-state index contributed by atoms with van der Waals surface area (Å²) in [4.78, 5) is 11.2. The molecule has 0 N–H and O–H groups in total. The Morgan fingerprint density at radius 2 is 1.77 bits per heavy atom. The Bertz CT molecular complexity index is 445. The van der Waals surface area contributed by atoms with Crippen LogP contribution in [0.1, 0.15) is 78.1 Å². The minimum Gasteiger partial charge on any atom is -0.463 e. The molecule has 0 aliphatic heterocycles. The molecule has 0 aromatic carbocycles. The predicted octanol–water partition coefficient (Wildman–Crippen LogP) is 4.96. The summed E-state index contributed by atoms with van der Waals surface area (Å²) >= 11 is 0. The van der Waals surface area contributed by atoms with E-state index in [1.165, 1.54) is 51.4 Å². The summed E-state index contributed by atoms with van der Waals surface area (Å²) in [5.41, 5.74) is 0.683. The van der Waals surface area contributed by atoms with Crippen molar-refractivity contribution in [3.8, 4) is 0 Å². The van der Waals surface area contributed by atoms with Crippen LogP contribution in [-0.4, -0.2) is 12.1 Å². The van der Waals surface area contributed by atoms with Crippen LogP contribution < -0.4 is 0 Å². The molecule has 0 spiro atoms. The highest BCUT2D eigenvalue weighted by atomic mass is 16.5. The first-order valence-corrected chi connectivity index (χ1v) is 9.74. The predicted molar refractivity (Wildman–Crippen MR) is 87.3 cm³/mol. The standard InChI is InChI=1S/C20H32O2/c1-13(21)22-15-6-8-16-14(12-15)5-7-18-17(16)9-11-20(2)10-3-4-19(18)20/h14-19H,3-12H2,1-2H3/t14?,15?,16-,17+,18+,19-,20-/m0/s1. The van der Waals surface area contributed by atoms with Gasteiger partial charge in [0.1, 0.15) is 6.10 Å². The second-order valence-electron chi connectivity index (χ2n) is 9.06. The van der Waals surface area contributed by atoms with Crippen molar-refractivity contribution in [3.63, 3.8) is 0 Å². The molecule has 124 valence electrons. The molecule has 2 unspecified atom stereocenters. The van der Waals surface area contributed by atoms with E-state index in [0.717, 1.165) is 42.4 Å². The molecule has 4 fully saturated rings. The molecular formula is C20H32O2. The molecule has 2 nitrogen and oxygen atoms in total. The van der Waals surface area contributed by atoms with Crippen LogP contribution in [0.4, 0.5) is 0 Å². The number of hydrogen-bond donors (Lipinski definition) is 0. The zero-order valence-electron chi connectivity index (χ0n) is 14.4. The van der Waals surface area contributed by atoms with E-state index in [1.54, 1.807) is 6.92 Å². The average Bonchev–Trinajstić information content (AvgIpc) is 2.88. The van der Waals surface area contributed by atoms with Gasteiger partial charge < -0.3 is 4.74 Å². The third kappa shape index (κ3) is 2.41. The molecule has 0 bridgehead atoms. The van der Waals surface area contributed by atoms with Gasteiger partial charge in [0.2, 0.25) is 0 Å². The van der Waals surface area contributed by atoms with E-state index in [2.05, 4.69) is 6.92 Å². The summed E-state index contributed by atoms with van der Waals surface area (Å²) in [6, 6.07) is 0. The fourth-order valence-electron chi connectivity index (χ4n) is 7.14. The molecule has 0 heterocycles. The van der Waals surface area contributed by atoms with Crippen LogP contribution in [0.5, 0.6) is 0 Å². The molecule has 2 heteroatoms. The van der Waals surface area contributed by atoms with Crippen LogP contribution in [0.25, 0.3) is 0 Å². The Labute approximate surface area is 135 Å². The van der Waals surface area contributed by atoms with Gasteiger partial charge in [-0.25, -0.2) is 0 Å². The van der Waals surface area contributed by atoms with Crippen molar-refractivity contribution in [2.45, 2.75) is 84.2 Å². The highest BCUT2D eigenvalue weighted by Gasteiger charge is 2.53. The fourth-order valence-corrected chi connectivity index (χ4v) is 7.14. The molecule has 4 rings (SSSR count). The maximum atomic E-state index is 11.2. The number of ether oxygens (including phenoxy) is 1. The normalized spacial score (nSPS) is 50.6. The molecule has 4 aliphatic carbocycles. The van der Waals surface area contributed by atoms with Gasteiger partial charge >= 0.3 is 5.97 Å². The minimum atomic E-state index is -0.0866. The van der Waals surface area contributed by atoms with Gasteiger partial charge in [-0.15, -0.1) is 0 Å². The first-order chi connectivity index (χ1) is 10.6. The number of carbonyl (C=O) groups is 1. The minimum absolute atomic E-state index is 0.0866. The zero-order valence-corrected chi connectivity index (χ0v) is 14.4. The highest BCUT2D eigenvalue weighted by Crippen LogP contribution is 2.62. The van der Waals surface area contributed by atoms with E-state index >= 15 is 0 Å². The number of esters is 1. The second kappa shape index (κ2) is 5.53. The monoisotopic (exact) mass is 304 g/mol. The van der Waals surface area contributed by atoms with Crippen LogP contribution in [0.3, 0.4) is 0 Å². The van der Waals surface area contributed by atoms with Crippen molar-refractivity contribution in [2.75, 3.05) is 0 Å². The van der Waals surface area contributed by atoms with E-state index in [-0.39, 0.29) is 12.1 Å². The van der Waals surface area contributed by atoms with Crippen molar-refractivity contribution in [1.29, 1.82) is 0 Å². The lowest BCUT2D eigenvalue weighted by molar-refractivity contribution is -0.151. The van der Waals surface area contributed by atoms with E-state index in [4.69, 9.17) is 4.74 Å². The maximum absolute atomic E-state index is 11.2. The fraction of sp³-hybridized carbons (Fsp3) is 0.950. The lowest BCUT2D eigenvalue weighted by atomic mass is 9.50.